The van der Waals surface area contributed by atoms with E-state index in [1.165, 1.54) is 0 Å². The van der Waals surface area contributed by atoms with Gasteiger partial charge in [0.2, 0.25) is 0 Å². The molecule has 0 saturated heterocycles. The lowest BCUT2D eigenvalue weighted by Crippen LogP contribution is -2.23. The molecule has 5 nitrogen and oxygen atoms in total. The molecule has 0 radical (unpaired) electrons. The van der Waals surface area contributed by atoms with Gasteiger partial charge in [0.15, 0.2) is 0 Å². The van der Waals surface area contributed by atoms with Crippen molar-refractivity contribution in [2.45, 2.75) is 6.42 Å². The Morgan fingerprint density at radius 1 is 1.13 bits per heavy atom. The summed E-state index contributed by atoms with van der Waals surface area (Å²) in [5.41, 5.74) is 2.23. The van der Waals surface area contributed by atoms with Crippen molar-refractivity contribution in [3.05, 3.63) is 70.3 Å². The molecule has 0 aromatic heterocycles. The maximum atomic E-state index is 11.8. The lowest BCUT2D eigenvalue weighted by molar-refractivity contribution is -0.136. The number of amides is 2. The van der Waals surface area contributed by atoms with E-state index in [0.29, 0.717) is 11.3 Å². The Hall–Kier alpha value is -2.60. The third-order valence-corrected chi connectivity index (χ3v) is 3.40. The van der Waals surface area contributed by atoms with Gasteiger partial charge in [0.25, 0.3) is 0 Å². The monoisotopic (exact) mass is 374 g/mol. The van der Waals surface area contributed by atoms with Gasteiger partial charge in [-0.1, -0.05) is 40.2 Å². The number of carboxylic acids is 1. The summed E-state index contributed by atoms with van der Waals surface area (Å²) in [6.07, 6.45) is 3.29. The molecule has 0 unspecified atom stereocenters. The van der Waals surface area contributed by atoms with Gasteiger partial charge in [-0.15, -0.1) is 0 Å². The number of carbonyl (C=O) groups is 2. The van der Waals surface area contributed by atoms with Crippen molar-refractivity contribution < 1.29 is 14.7 Å². The molecular formula is C17H15BrN2O3. The first-order valence-corrected chi connectivity index (χ1v) is 7.62. The lowest BCUT2D eigenvalue weighted by atomic mass is 10.1. The number of urea groups is 1. The molecule has 0 aliphatic heterocycles. The van der Waals surface area contributed by atoms with Crippen LogP contribution in [0.4, 0.5) is 10.5 Å². The number of anilines is 1. The van der Waals surface area contributed by atoms with E-state index in [2.05, 4.69) is 26.6 Å². The van der Waals surface area contributed by atoms with Crippen LogP contribution in [0.3, 0.4) is 0 Å². The zero-order valence-electron chi connectivity index (χ0n) is 12.1. The predicted molar refractivity (Wildman–Crippen MR) is 93.1 cm³/mol. The third kappa shape index (κ3) is 5.96. The third-order valence-electron chi connectivity index (χ3n) is 2.91. The van der Waals surface area contributed by atoms with Crippen molar-refractivity contribution in [3.63, 3.8) is 0 Å². The van der Waals surface area contributed by atoms with E-state index < -0.39 is 5.97 Å². The van der Waals surface area contributed by atoms with Crippen LogP contribution in [-0.4, -0.2) is 17.1 Å². The number of rotatable bonds is 5. The van der Waals surface area contributed by atoms with E-state index in [1.807, 2.05) is 24.3 Å². The second kappa shape index (κ2) is 8.14. The zero-order valence-corrected chi connectivity index (χ0v) is 13.7. The molecule has 0 aliphatic carbocycles. The highest BCUT2D eigenvalue weighted by atomic mass is 79.9. The minimum absolute atomic E-state index is 0.0398. The number of halogens is 1. The Morgan fingerprint density at radius 3 is 2.52 bits per heavy atom. The molecule has 0 fully saturated rings. The number of nitrogens with one attached hydrogen (secondary N) is 2. The van der Waals surface area contributed by atoms with Crippen molar-refractivity contribution in [1.82, 2.24) is 5.32 Å². The molecule has 0 atom stereocenters. The van der Waals surface area contributed by atoms with Gasteiger partial charge in [0.1, 0.15) is 0 Å². The molecule has 2 aromatic rings. The van der Waals surface area contributed by atoms with Crippen molar-refractivity contribution >= 4 is 39.7 Å². The van der Waals surface area contributed by atoms with Crippen LogP contribution < -0.4 is 10.6 Å². The average molecular weight is 375 g/mol. The maximum absolute atomic E-state index is 11.8. The van der Waals surface area contributed by atoms with Crippen molar-refractivity contribution in [1.29, 1.82) is 0 Å². The lowest BCUT2D eigenvalue weighted by Gasteiger charge is -2.05. The zero-order chi connectivity index (χ0) is 16.7. The summed E-state index contributed by atoms with van der Waals surface area (Å²) in [5, 5.41) is 14.0. The van der Waals surface area contributed by atoms with Gasteiger partial charge in [0, 0.05) is 16.4 Å². The largest absolute Gasteiger partial charge is 0.481 e. The van der Waals surface area contributed by atoms with Gasteiger partial charge in [-0.25, -0.2) is 4.79 Å². The smallest absolute Gasteiger partial charge is 0.323 e. The van der Waals surface area contributed by atoms with Crippen LogP contribution in [0.15, 0.2) is 59.2 Å². The highest BCUT2D eigenvalue weighted by molar-refractivity contribution is 9.10. The van der Waals surface area contributed by atoms with E-state index in [4.69, 9.17) is 5.11 Å². The molecule has 0 bridgehead atoms. The van der Waals surface area contributed by atoms with Crippen molar-refractivity contribution in [2.24, 2.45) is 0 Å². The van der Waals surface area contributed by atoms with Gasteiger partial charge >= 0.3 is 12.0 Å². The van der Waals surface area contributed by atoms with Crippen LogP contribution in [0.5, 0.6) is 0 Å². The molecule has 3 N–H and O–H groups in total. The average Bonchev–Trinajstić information content (AvgIpc) is 2.49. The summed E-state index contributed by atoms with van der Waals surface area (Å²) >= 11 is 3.38. The van der Waals surface area contributed by atoms with Crippen LogP contribution in [0.1, 0.15) is 11.1 Å². The first-order valence-electron chi connectivity index (χ1n) is 6.83. The highest BCUT2D eigenvalue weighted by Crippen LogP contribution is 2.12. The van der Waals surface area contributed by atoms with Gasteiger partial charge in [-0.3, -0.25) is 4.79 Å². The summed E-state index contributed by atoms with van der Waals surface area (Å²) in [6, 6.07) is 14.0. The summed E-state index contributed by atoms with van der Waals surface area (Å²) in [4.78, 5) is 22.4. The highest BCUT2D eigenvalue weighted by Gasteiger charge is 2.02. The number of carbonyl (C=O) groups excluding carboxylic acids is 1. The van der Waals surface area contributed by atoms with E-state index in [0.717, 1.165) is 10.0 Å². The Labute approximate surface area is 142 Å². The van der Waals surface area contributed by atoms with E-state index in [-0.39, 0.29) is 12.5 Å². The molecule has 0 saturated carbocycles. The van der Waals surface area contributed by atoms with Crippen LogP contribution >= 0.6 is 15.9 Å². The second-order valence-electron chi connectivity index (χ2n) is 4.75. The molecular weight excluding hydrogens is 360 g/mol. The summed E-state index contributed by atoms with van der Waals surface area (Å²) in [7, 11) is 0. The SMILES string of the molecule is O=C(O)Cc1ccc(NC(=O)N/C=C/c2cccc(Br)c2)cc1. The predicted octanol–water partition coefficient (Wildman–Crippen LogP) is 3.87. The van der Waals surface area contributed by atoms with E-state index >= 15 is 0 Å². The molecule has 23 heavy (non-hydrogen) atoms. The number of hydrogen-bond donors (Lipinski definition) is 3. The van der Waals surface area contributed by atoms with E-state index in [1.54, 1.807) is 36.5 Å². The molecule has 2 rings (SSSR count). The fourth-order valence-corrected chi connectivity index (χ4v) is 2.29. The maximum Gasteiger partial charge on any atom is 0.323 e. The summed E-state index contributed by atoms with van der Waals surface area (Å²) < 4.78 is 0.963. The molecule has 2 aromatic carbocycles. The van der Waals surface area contributed by atoms with Gasteiger partial charge < -0.3 is 15.7 Å². The fraction of sp³-hybridized carbons (Fsp3) is 0.0588. The van der Waals surface area contributed by atoms with Crippen molar-refractivity contribution in [2.75, 3.05) is 5.32 Å². The Bertz CT molecular complexity index is 727. The fourth-order valence-electron chi connectivity index (χ4n) is 1.87. The molecule has 6 heteroatoms. The minimum atomic E-state index is -0.888. The van der Waals surface area contributed by atoms with Gasteiger partial charge in [-0.05, 0) is 41.5 Å². The van der Waals surface area contributed by atoms with Crippen LogP contribution in [0.2, 0.25) is 0 Å². The Balaban J connectivity index is 1.86. The number of carboxylic acid groups (broad SMARTS) is 1. The quantitative estimate of drug-likeness (QED) is 0.743. The number of hydrogen-bond acceptors (Lipinski definition) is 2. The molecule has 0 spiro atoms. The molecule has 118 valence electrons. The minimum Gasteiger partial charge on any atom is -0.481 e. The van der Waals surface area contributed by atoms with Crippen molar-refractivity contribution in [3.8, 4) is 0 Å². The van der Waals surface area contributed by atoms with Gasteiger partial charge in [0.05, 0.1) is 6.42 Å². The Kier molecular flexibility index (Phi) is 5.94. The molecule has 0 aliphatic rings. The molecule has 2 amide bonds. The van der Waals surface area contributed by atoms with Crippen LogP contribution in [0, 0.1) is 0 Å². The summed E-state index contributed by atoms with van der Waals surface area (Å²) in [6.45, 7) is 0. The summed E-state index contributed by atoms with van der Waals surface area (Å²) in [5.74, 6) is -0.888. The topological polar surface area (TPSA) is 78.4 Å². The van der Waals surface area contributed by atoms with Crippen LogP contribution in [-0.2, 0) is 11.2 Å². The molecule has 0 heterocycles. The standard InChI is InChI=1S/C17H15BrN2O3/c18-14-3-1-2-12(10-14)8-9-19-17(23)20-15-6-4-13(5-7-15)11-16(21)22/h1-10H,11H2,(H,21,22)(H2,19,20,23)/b9-8+. The number of aliphatic carboxylic acids is 1. The van der Waals surface area contributed by atoms with Crippen LogP contribution in [0.25, 0.3) is 6.08 Å². The van der Waals surface area contributed by atoms with Gasteiger partial charge in [-0.2, -0.15) is 0 Å². The first kappa shape index (κ1) is 16.8. The number of benzene rings is 2. The Morgan fingerprint density at radius 2 is 1.87 bits per heavy atom. The first-order chi connectivity index (χ1) is 11.0. The second-order valence-corrected chi connectivity index (χ2v) is 5.67. The van der Waals surface area contributed by atoms with E-state index in [9.17, 15) is 9.59 Å². The normalized spacial score (nSPS) is 10.5.